The van der Waals surface area contributed by atoms with Crippen LogP contribution in [0.3, 0.4) is 0 Å². The molecule has 1 saturated heterocycles. The van der Waals surface area contributed by atoms with E-state index in [9.17, 15) is 14.7 Å². The van der Waals surface area contributed by atoms with Crippen molar-refractivity contribution in [3.63, 3.8) is 0 Å². The lowest BCUT2D eigenvalue weighted by Gasteiger charge is -2.56. The van der Waals surface area contributed by atoms with Crippen LogP contribution < -0.4 is 28.4 Å². The maximum atomic E-state index is 14.6. The van der Waals surface area contributed by atoms with Gasteiger partial charge in [0.25, 0.3) is 0 Å². The van der Waals surface area contributed by atoms with E-state index >= 15 is 0 Å². The highest BCUT2D eigenvalue weighted by molar-refractivity contribution is 6.10. The summed E-state index contributed by atoms with van der Waals surface area (Å²) in [5, 5.41) is 10.8. The van der Waals surface area contributed by atoms with Gasteiger partial charge in [-0.2, -0.15) is 0 Å². The van der Waals surface area contributed by atoms with Crippen LogP contribution in [0.4, 0.5) is 0 Å². The van der Waals surface area contributed by atoms with E-state index in [1.807, 2.05) is 18.9 Å². The van der Waals surface area contributed by atoms with Gasteiger partial charge >= 0.3 is 0 Å². The third-order valence-corrected chi connectivity index (χ3v) is 8.70. The predicted molar refractivity (Wildman–Crippen MR) is 137 cm³/mol. The highest BCUT2D eigenvalue weighted by Gasteiger charge is 2.59. The highest BCUT2D eigenvalue weighted by Crippen LogP contribution is 2.58. The first-order chi connectivity index (χ1) is 18.8. The topological polar surface area (TPSA) is 116 Å². The number of ketones is 1. The van der Waals surface area contributed by atoms with Gasteiger partial charge in [0.2, 0.25) is 12.7 Å². The molecule has 6 rings (SSSR count). The fourth-order valence-electron chi connectivity index (χ4n) is 7.14. The summed E-state index contributed by atoms with van der Waals surface area (Å²) in [5.74, 6) is 2.18. The number of likely N-dealkylation sites (N-methyl/N-ethyl adjacent to an activating group) is 1. The molecule has 0 aromatic heterocycles. The molecule has 0 radical (unpaired) electrons. The van der Waals surface area contributed by atoms with E-state index in [-0.39, 0.29) is 24.0 Å². The van der Waals surface area contributed by atoms with Crippen LogP contribution in [0.15, 0.2) is 0 Å². The van der Waals surface area contributed by atoms with E-state index < -0.39 is 30.8 Å². The van der Waals surface area contributed by atoms with E-state index in [4.69, 9.17) is 28.4 Å². The lowest BCUT2D eigenvalue weighted by atomic mass is 9.73. The second-order valence-corrected chi connectivity index (χ2v) is 10.2. The van der Waals surface area contributed by atoms with Gasteiger partial charge in [-0.1, -0.05) is 0 Å². The molecular weight excluding hydrogens is 508 g/mol. The van der Waals surface area contributed by atoms with Gasteiger partial charge in [-0.05, 0) is 20.9 Å². The molecule has 2 bridgehead atoms. The summed E-state index contributed by atoms with van der Waals surface area (Å²) in [6.07, 6.45) is 0.336. The molecule has 4 atom stereocenters. The van der Waals surface area contributed by atoms with Crippen molar-refractivity contribution >= 4 is 11.7 Å². The van der Waals surface area contributed by atoms with E-state index in [0.29, 0.717) is 52.0 Å². The lowest BCUT2D eigenvalue weighted by molar-refractivity contribution is -0.155. The lowest BCUT2D eigenvalue weighted by Crippen LogP contribution is -2.68. The minimum atomic E-state index is -0.984. The Morgan fingerprint density at radius 1 is 0.846 bits per heavy atom. The number of rotatable bonds is 5. The van der Waals surface area contributed by atoms with Crippen molar-refractivity contribution in [3.05, 3.63) is 33.4 Å². The maximum Gasteiger partial charge on any atom is 0.241 e. The van der Waals surface area contributed by atoms with E-state index in [0.717, 1.165) is 16.7 Å². The number of carbonyl (C=O) groups excluding carboxylic acids is 2. The zero-order chi connectivity index (χ0) is 27.9. The molecule has 208 valence electrons. The summed E-state index contributed by atoms with van der Waals surface area (Å²) in [4.78, 5) is 32.3. The fraction of sp³-hybridized carbons (Fsp3) is 0.500. The average Bonchev–Trinajstić information content (AvgIpc) is 3.42. The molecular formula is C28H32N2O9. The third-order valence-electron chi connectivity index (χ3n) is 8.70. The van der Waals surface area contributed by atoms with Crippen LogP contribution in [0, 0.1) is 13.8 Å². The van der Waals surface area contributed by atoms with Gasteiger partial charge in [0.15, 0.2) is 28.8 Å². The van der Waals surface area contributed by atoms with Crippen molar-refractivity contribution in [2.45, 2.75) is 44.4 Å². The Hall–Kier alpha value is -3.70. The minimum Gasteiger partial charge on any atom is -0.496 e. The number of Topliss-reactive ketones (excluding diaryl/α,β-unsaturated/α-hetero) is 1. The number of methoxy groups -OCH3 is 4. The number of aliphatic hydroxyl groups excluding tert-OH is 1. The first-order valence-corrected chi connectivity index (χ1v) is 12.8. The summed E-state index contributed by atoms with van der Waals surface area (Å²) < 4.78 is 34.8. The number of benzene rings is 2. The second-order valence-electron chi connectivity index (χ2n) is 10.2. The van der Waals surface area contributed by atoms with Gasteiger partial charge in [-0.3, -0.25) is 14.5 Å². The number of nitrogens with zero attached hydrogens (tertiary/aromatic N) is 2. The Morgan fingerprint density at radius 2 is 1.49 bits per heavy atom. The van der Waals surface area contributed by atoms with Gasteiger partial charge in [0, 0.05) is 34.2 Å². The maximum absolute atomic E-state index is 14.6. The molecule has 1 amide bonds. The summed E-state index contributed by atoms with van der Waals surface area (Å²) in [6, 6.07) is -3.03. The van der Waals surface area contributed by atoms with Crippen molar-refractivity contribution in [2.24, 2.45) is 0 Å². The molecule has 4 heterocycles. The molecule has 39 heavy (non-hydrogen) atoms. The monoisotopic (exact) mass is 540 g/mol. The zero-order valence-corrected chi connectivity index (χ0v) is 23.0. The quantitative estimate of drug-likeness (QED) is 0.605. The summed E-state index contributed by atoms with van der Waals surface area (Å²) in [5.41, 5.74) is 3.61. The SMILES string of the molecule is COc1c(C)c(OC)c(OC)c2c1C[C@H]1C(=O)N3C(C(=O)c4c(OC)c(C)c5c(c4[C@@H]3CO)OCO5)C2N1C. The van der Waals surface area contributed by atoms with Crippen molar-refractivity contribution in [1.82, 2.24) is 9.80 Å². The van der Waals surface area contributed by atoms with Gasteiger partial charge < -0.3 is 38.4 Å². The Morgan fingerprint density at radius 3 is 2.10 bits per heavy atom. The molecule has 4 aliphatic rings. The summed E-state index contributed by atoms with van der Waals surface area (Å²) in [7, 11) is 8.03. The smallest absolute Gasteiger partial charge is 0.241 e. The molecule has 0 spiro atoms. The first kappa shape index (κ1) is 25.6. The van der Waals surface area contributed by atoms with Gasteiger partial charge in [0.05, 0.1) is 58.7 Å². The van der Waals surface area contributed by atoms with Crippen LogP contribution in [-0.4, -0.2) is 87.6 Å². The normalized spacial score (nSPS) is 24.7. The van der Waals surface area contributed by atoms with E-state index in [1.165, 1.54) is 12.0 Å². The Labute approximate surface area is 226 Å². The van der Waals surface area contributed by atoms with Crippen LogP contribution >= 0.6 is 0 Å². The average molecular weight is 541 g/mol. The standard InChI is InChI=1S/C28H32N2O9/c1-11-22(34-4)13-8-14-28(33)30-15(9-31)17-18(23(35-5)12(2)25-27(17)39-10-38-25)21(32)20(30)19(29(14)3)16(13)26(37-7)24(11)36-6/h14-15,19-20,31H,8-10H2,1-7H3/t14-,15-,19?,20?/m0/s1. The number of fused-ring (bicyclic) bond motifs is 9. The Balaban J connectivity index is 1.68. The molecule has 11 nitrogen and oxygen atoms in total. The number of hydrogen-bond donors (Lipinski definition) is 1. The zero-order valence-electron chi connectivity index (χ0n) is 23.0. The molecule has 4 aliphatic heterocycles. The summed E-state index contributed by atoms with van der Waals surface area (Å²) in [6.45, 7) is 3.23. The van der Waals surface area contributed by atoms with Gasteiger partial charge in [0.1, 0.15) is 17.5 Å². The second kappa shape index (κ2) is 8.92. The number of aliphatic hydroxyl groups is 1. The molecule has 2 aromatic carbocycles. The van der Waals surface area contributed by atoms with Crippen LogP contribution in [0.5, 0.6) is 34.5 Å². The largest absolute Gasteiger partial charge is 0.496 e. The van der Waals surface area contributed by atoms with Crippen molar-refractivity contribution in [3.8, 4) is 34.5 Å². The molecule has 11 heteroatoms. The number of amides is 1. The molecule has 0 aliphatic carbocycles. The van der Waals surface area contributed by atoms with Gasteiger partial charge in [-0.15, -0.1) is 0 Å². The van der Waals surface area contributed by atoms with E-state index in [2.05, 4.69) is 0 Å². The predicted octanol–water partition coefficient (Wildman–Crippen LogP) is 2.10. The fourth-order valence-corrected chi connectivity index (χ4v) is 7.14. The van der Waals surface area contributed by atoms with Crippen molar-refractivity contribution < 1.29 is 43.1 Å². The first-order valence-electron chi connectivity index (χ1n) is 12.8. The molecule has 1 fully saturated rings. The van der Waals surface area contributed by atoms with Gasteiger partial charge in [-0.25, -0.2) is 0 Å². The number of piperazine rings is 1. The Kier molecular flexibility index (Phi) is 5.85. The molecule has 2 unspecified atom stereocenters. The van der Waals surface area contributed by atoms with Crippen molar-refractivity contribution in [2.75, 3.05) is 48.9 Å². The van der Waals surface area contributed by atoms with Crippen molar-refractivity contribution in [1.29, 1.82) is 0 Å². The van der Waals surface area contributed by atoms with Crippen LogP contribution in [-0.2, 0) is 11.2 Å². The molecule has 1 N–H and O–H groups in total. The van der Waals surface area contributed by atoms with Crippen LogP contribution in [0.25, 0.3) is 0 Å². The number of carbonyl (C=O) groups is 2. The number of ether oxygens (including phenoxy) is 6. The molecule has 0 saturated carbocycles. The molecule has 2 aromatic rings. The number of hydrogen-bond acceptors (Lipinski definition) is 10. The van der Waals surface area contributed by atoms with Crippen LogP contribution in [0.1, 0.15) is 50.3 Å². The Bertz CT molecular complexity index is 1420. The minimum absolute atomic E-state index is 0.0308. The third kappa shape index (κ3) is 3.05. The summed E-state index contributed by atoms with van der Waals surface area (Å²) >= 11 is 0. The van der Waals surface area contributed by atoms with E-state index in [1.54, 1.807) is 28.3 Å². The highest BCUT2D eigenvalue weighted by atomic mass is 16.7. The van der Waals surface area contributed by atoms with Crippen LogP contribution in [0.2, 0.25) is 0 Å².